The molecular weight excluding hydrogens is 395 g/mol. The Balaban J connectivity index is 1.59. The summed E-state index contributed by atoms with van der Waals surface area (Å²) in [6.45, 7) is 7.28. The molecule has 0 saturated carbocycles. The lowest BCUT2D eigenvalue weighted by Gasteiger charge is -2.37. The molecule has 4 aromatic carbocycles. The Labute approximate surface area is 188 Å². The molecule has 0 saturated heterocycles. The number of fused-ring (bicyclic) bond motifs is 4. The summed E-state index contributed by atoms with van der Waals surface area (Å²) in [5, 5.41) is 14.9. The van der Waals surface area contributed by atoms with Crippen LogP contribution in [0.5, 0.6) is 0 Å². The van der Waals surface area contributed by atoms with Gasteiger partial charge in [-0.25, -0.2) is 0 Å². The molecule has 1 N–H and O–H groups in total. The maximum absolute atomic E-state index is 10.4. The number of aliphatic hydroxyl groups is 1. The molecule has 0 unspecified atom stereocenters. The van der Waals surface area contributed by atoms with Gasteiger partial charge in [-0.05, 0) is 79.3 Å². The van der Waals surface area contributed by atoms with Gasteiger partial charge in [0.05, 0.1) is 11.2 Å². The van der Waals surface area contributed by atoms with E-state index in [-0.39, 0.29) is 0 Å². The van der Waals surface area contributed by atoms with E-state index >= 15 is 0 Å². The number of hydrogen-bond donors (Lipinski definition) is 1. The van der Waals surface area contributed by atoms with Crippen LogP contribution in [0.1, 0.15) is 27.7 Å². The summed E-state index contributed by atoms with van der Waals surface area (Å²) in [7, 11) is 1.73. The van der Waals surface area contributed by atoms with Crippen molar-refractivity contribution < 1.29 is 14.2 Å². The molecule has 0 aliphatic carbocycles. The molecule has 4 heteroatoms. The van der Waals surface area contributed by atoms with Crippen molar-refractivity contribution in [2.75, 3.05) is 0 Å². The SMILES string of the molecule is CC(C)(O)C(C)(C)O[B]c1cccc2oc3ccc(-c4ccc5ccccc5c4)cc3c12. The Kier molecular flexibility index (Phi) is 4.88. The van der Waals surface area contributed by atoms with Crippen molar-refractivity contribution in [1.82, 2.24) is 0 Å². The largest absolute Gasteiger partial charge is 0.456 e. The zero-order valence-electron chi connectivity index (χ0n) is 18.8. The quantitative estimate of drug-likeness (QED) is 0.343. The third-order valence-corrected chi connectivity index (χ3v) is 6.56. The van der Waals surface area contributed by atoms with E-state index < -0.39 is 11.2 Å². The van der Waals surface area contributed by atoms with Crippen LogP contribution in [0.3, 0.4) is 0 Å². The predicted octanol–water partition coefficient (Wildman–Crippen LogP) is 6.22. The average molecular weight is 421 g/mol. The zero-order valence-corrected chi connectivity index (χ0v) is 18.8. The first-order chi connectivity index (χ1) is 15.2. The standard InChI is InChI=1S/C28H26BO3/c1-27(2,30)28(3,4)32-29-23-10-7-11-25-26(23)22-17-21(14-15-24(22)31-25)20-13-12-18-8-5-6-9-19(18)16-20/h5-17,30H,1-4H3. The van der Waals surface area contributed by atoms with Crippen LogP contribution >= 0.6 is 0 Å². The molecule has 159 valence electrons. The van der Waals surface area contributed by atoms with Crippen LogP contribution in [0, 0.1) is 0 Å². The third kappa shape index (κ3) is 3.60. The highest BCUT2D eigenvalue weighted by atomic mass is 16.5. The van der Waals surface area contributed by atoms with Crippen LogP contribution in [0.2, 0.25) is 0 Å². The van der Waals surface area contributed by atoms with Gasteiger partial charge in [0.1, 0.15) is 11.2 Å². The van der Waals surface area contributed by atoms with Gasteiger partial charge < -0.3 is 14.2 Å². The highest BCUT2D eigenvalue weighted by molar-refractivity contribution is 6.52. The number of benzene rings is 4. The van der Waals surface area contributed by atoms with E-state index in [0.29, 0.717) is 0 Å². The van der Waals surface area contributed by atoms with Crippen molar-refractivity contribution in [2.24, 2.45) is 0 Å². The minimum atomic E-state index is -0.987. The summed E-state index contributed by atoms with van der Waals surface area (Å²) in [4.78, 5) is 0. The van der Waals surface area contributed by atoms with E-state index in [4.69, 9.17) is 9.07 Å². The number of furan rings is 1. The molecule has 5 rings (SSSR count). The molecule has 0 spiro atoms. The summed E-state index contributed by atoms with van der Waals surface area (Å²) in [6.07, 6.45) is 0. The van der Waals surface area contributed by atoms with Crippen LogP contribution in [-0.2, 0) is 4.65 Å². The second-order valence-electron chi connectivity index (χ2n) is 9.40. The molecular formula is C28H26BO3. The van der Waals surface area contributed by atoms with Gasteiger partial charge in [0, 0.05) is 10.8 Å². The second-order valence-corrected chi connectivity index (χ2v) is 9.40. The lowest BCUT2D eigenvalue weighted by Crippen LogP contribution is -2.49. The van der Waals surface area contributed by atoms with Crippen LogP contribution in [0.15, 0.2) is 83.3 Å². The molecule has 3 nitrogen and oxygen atoms in total. The Bertz CT molecular complexity index is 1440. The summed E-state index contributed by atoms with van der Waals surface area (Å²) < 4.78 is 12.2. The first kappa shape index (κ1) is 20.8. The maximum Gasteiger partial charge on any atom is 0.331 e. The van der Waals surface area contributed by atoms with Crippen LogP contribution < -0.4 is 5.46 Å². The van der Waals surface area contributed by atoms with Gasteiger partial charge in [-0.3, -0.25) is 0 Å². The van der Waals surface area contributed by atoms with Crippen LogP contribution in [-0.4, -0.2) is 23.8 Å². The molecule has 32 heavy (non-hydrogen) atoms. The van der Waals surface area contributed by atoms with Crippen LogP contribution in [0.4, 0.5) is 0 Å². The monoisotopic (exact) mass is 421 g/mol. The molecule has 0 amide bonds. The lowest BCUT2D eigenvalue weighted by atomic mass is 9.80. The molecule has 1 radical (unpaired) electrons. The summed E-state index contributed by atoms with van der Waals surface area (Å²) in [6, 6.07) is 27.2. The topological polar surface area (TPSA) is 42.6 Å². The van der Waals surface area contributed by atoms with Crippen molar-refractivity contribution in [3.8, 4) is 11.1 Å². The van der Waals surface area contributed by atoms with Gasteiger partial charge >= 0.3 is 7.48 Å². The van der Waals surface area contributed by atoms with Crippen molar-refractivity contribution in [2.45, 2.75) is 38.9 Å². The Morgan fingerprint density at radius 3 is 2.25 bits per heavy atom. The smallest absolute Gasteiger partial charge is 0.331 e. The first-order valence-electron chi connectivity index (χ1n) is 10.9. The van der Waals surface area contributed by atoms with Gasteiger partial charge in [0.2, 0.25) is 0 Å². The van der Waals surface area contributed by atoms with Gasteiger partial charge in [0.15, 0.2) is 0 Å². The van der Waals surface area contributed by atoms with E-state index in [9.17, 15) is 5.11 Å². The predicted molar refractivity (Wildman–Crippen MR) is 134 cm³/mol. The Morgan fingerprint density at radius 2 is 1.47 bits per heavy atom. The molecule has 0 aliphatic heterocycles. The van der Waals surface area contributed by atoms with Gasteiger partial charge in [0.25, 0.3) is 0 Å². The Morgan fingerprint density at radius 1 is 0.750 bits per heavy atom. The summed E-state index contributed by atoms with van der Waals surface area (Å²) in [5.41, 5.74) is 3.15. The van der Waals surface area contributed by atoms with Gasteiger partial charge in [-0.1, -0.05) is 54.6 Å². The highest BCUT2D eigenvalue weighted by Gasteiger charge is 2.36. The fourth-order valence-corrected chi connectivity index (χ4v) is 3.86. The van der Waals surface area contributed by atoms with E-state index in [1.54, 1.807) is 21.3 Å². The van der Waals surface area contributed by atoms with Crippen LogP contribution in [0.25, 0.3) is 43.8 Å². The second kappa shape index (κ2) is 7.51. The maximum atomic E-state index is 10.4. The van der Waals surface area contributed by atoms with E-state index in [1.165, 1.54) is 16.3 Å². The molecule has 0 bridgehead atoms. The Hall–Kier alpha value is -3.08. The minimum Gasteiger partial charge on any atom is -0.456 e. The fourth-order valence-electron chi connectivity index (χ4n) is 3.86. The summed E-state index contributed by atoms with van der Waals surface area (Å²) in [5.74, 6) is 0. The van der Waals surface area contributed by atoms with Crippen molar-refractivity contribution in [3.05, 3.63) is 78.9 Å². The molecule has 5 aromatic rings. The third-order valence-electron chi connectivity index (χ3n) is 6.56. The van der Waals surface area contributed by atoms with E-state index in [1.807, 2.05) is 38.1 Å². The number of hydrogen-bond acceptors (Lipinski definition) is 3. The zero-order chi connectivity index (χ0) is 22.5. The van der Waals surface area contributed by atoms with E-state index in [2.05, 4.69) is 54.6 Å². The number of rotatable bonds is 5. The van der Waals surface area contributed by atoms with Crippen molar-refractivity contribution in [1.29, 1.82) is 0 Å². The van der Waals surface area contributed by atoms with Gasteiger partial charge in [-0.2, -0.15) is 0 Å². The molecule has 0 aliphatic rings. The molecule has 0 fully saturated rings. The van der Waals surface area contributed by atoms with E-state index in [0.717, 1.165) is 33.0 Å². The van der Waals surface area contributed by atoms with Gasteiger partial charge in [-0.15, -0.1) is 0 Å². The first-order valence-corrected chi connectivity index (χ1v) is 10.9. The fraction of sp³-hybridized carbons (Fsp3) is 0.214. The molecule has 1 aromatic heterocycles. The summed E-state index contributed by atoms with van der Waals surface area (Å²) >= 11 is 0. The lowest BCUT2D eigenvalue weighted by molar-refractivity contribution is -0.0893. The average Bonchev–Trinajstić information content (AvgIpc) is 3.15. The molecule has 1 heterocycles. The highest BCUT2D eigenvalue weighted by Crippen LogP contribution is 2.33. The molecule has 0 atom stereocenters. The van der Waals surface area contributed by atoms with Crippen molar-refractivity contribution in [3.63, 3.8) is 0 Å². The minimum absolute atomic E-state index is 0.745. The van der Waals surface area contributed by atoms with Crippen molar-refractivity contribution >= 4 is 45.7 Å². The normalized spacial score (nSPS) is 12.7.